The second-order valence-corrected chi connectivity index (χ2v) is 4.78. The van der Waals surface area contributed by atoms with E-state index in [4.69, 9.17) is 11.6 Å². The molecule has 1 aromatic carbocycles. The van der Waals surface area contributed by atoms with Crippen molar-refractivity contribution in [2.24, 2.45) is 0 Å². The maximum atomic E-state index is 6.14. The summed E-state index contributed by atoms with van der Waals surface area (Å²) < 4.78 is 1.08. The third kappa shape index (κ3) is 1.58. The molecule has 0 radical (unpaired) electrons. The summed E-state index contributed by atoms with van der Waals surface area (Å²) >= 11 is 7.74. The fourth-order valence-electron chi connectivity index (χ4n) is 1.53. The van der Waals surface area contributed by atoms with E-state index in [0.717, 1.165) is 25.8 Å². The van der Waals surface area contributed by atoms with E-state index in [1.54, 1.807) is 17.5 Å². The van der Waals surface area contributed by atoms with Crippen LogP contribution in [0.1, 0.15) is 0 Å². The lowest BCUT2D eigenvalue weighted by Crippen LogP contribution is -1.76. The molecule has 0 aliphatic heterocycles. The van der Waals surface area contributed by atoms with Gasteiger partial charge < -0.3 is 0 Å². The molecule has 2 nitrogen and oxygen atoms in total. The number of hydrogen-bond acceptors (Lipinski definition) is 3. The molecule has 0 unspecified atom stereocenters. The smallest absolute Gasteiger partial charge is 0.126 e. The number of benzene rings is 1. The van der Waals surface area contributed by atoms with E-state index >= 15 is 0 Å². The van der Waals surface area contributed by atoms with Crippen molar-refractivity contribution in [1.82, 2.24) is 9.97 Å². The lowest BCUT2D eigenvalue weighted by molar-refractivity contribution is 1.36. The van der Waals surface area contributed by atoms with Gasteiger partial charge in [0.15, 0.2) is 0 Å². The molecule has 3 rings (SSSR count). The first-order valence-electron chi connectivity index (χ1n) is 4.80. The molecular formula is C12H7ClN2S. The van der Waals surface area contributed by atoms with Crippen LogP contribution >= 0.6 is 22.9 Å². The van der Waals surface area contributed by atoms with Gasteiger partial charge >= 0.3 is 0 Å². The van der Waals surface area contributed by atoms with Crippen LogP contribution in [0.4, 0.5) is 0 Å². The van der Waals surface area contributed by atoms with Gasteiger partial charge in [0, 0.05) is 18.0 Å². The number of fused-ring (bicyclic) bond motifs is 1. The Labute approximate surface area is 102 Å². The first kappa shape index (κ1) is 9.75. The van der Waals surface area contributed by atoms with E-state index in [1.807, 2.05) is 36.5 Å². The zero-order valence-corrected chi connectivity index (χ0v) is 9.79. The second-order valence-electron chi connectivity index (χ2n) is 3.34. The van der Waals surface area contributed by atoms with Crippen LogP contribution in [-0.4, -0.2) is 9.97 Å². The Morgan fingerprint density at radius 1 is 1.12 bits per heavy atom. The van der Waals surface area contributed by atoms with Crippen molar-refractivity contribution < 1.29 is 0 Å². The van der Waals surface area contributed by atoms with Gasteiger partial charge in [0.25, 0.3) is 0 Å². The van der Waals surface area contributed by atoms with E-state index < -0.39 is 0 Å². The summed E-state index contributed by atoms with van der Waals surface area (Å²) in [5.41, 5.74) is 1.94. The van der Waals surface area contributed by atoms with Gasteiger partial charge in [0.1, 0.15) is 5.01 Å². The Morgan fingerprint density at radius 3 is 2.81 bits per heavy atom. The highest BCUT2D eigenvalue weighted by Crippen LogP contribution is 2.33. The third-order valence-electron chi connectivity index (χ3n) is 2.30. The highest BCUT2D eigenvalue weighted by Gasteiger charge is 2.08. The zero-order valence-electron chi connectivity index (χ0n) is 8.22. The van der Waals surface area contributed by atoms with Gasteiger partial charge in [-0.25, -0.2) is 4.98 Å². The minimum Gasteiger partial charge on any atom is -0.263 e. The Bertz CT molecular complexity index is 615. The molecule has 0 saturated carbocycles. The molecular weight excluding hydrogens is 240 g/mol. The maximum absolute atomic E-state index is 6.14. The Hall–Kier alpha value is -1.45. The van der Waals surface area contributed by atoms with Gasteiger partial charge in [0.2, 0.25) is 0 Å². The Balaban J connectivity index is 2.23. The molecule has 0 aliphatic carbocycles. The fraction of sp³-hybridized carbons (Fsp3) is 0. The largest absolute Gasteiger partial charge is 0.263 e. The fourth-order valence-corrected chi connectivity index (χ4v) is 2.78. The predicted octanol–water partition coefficient (Wildman–Crippen LogP) is 4.01. The molecule has 16 heavy (non-hydrogen) atoms. The minimum atomic E-state index is 0.731. The van der Waals surface area contributed by atoms with Crippen molar-refractivity contribution in [3.8, 4) is 10.6 Å². The van der Waals surface area contributed by atoms with Crippen LogP contribution < -0.4 is 0 Å². The number of thiazole rings is 1. The zero-order chi connectivity index (χ0) is 11.0. The normalized spacial score (nSPS) is 10.8. The van der Waals surface area contributed by atoms with Crippen LogP contribution in [0.25, 0.3) is 20.8 Å². The van der Waals surface area contributed by atoms with Gasteiger partial charge in [0.05, 0.1) is 15.2 Å². The standard InChI is InChI=1S/C12H7ClN2S/c13-9-4-2-1-3-8(9)12-15-10-5-6-14-7-11(10)16-12/h1-7H. The Morgan fingerprint density at radius 2 is 2.00 bits per heavy atom. The molecule has 2 aromatic heterocycles. The predicted molar refractivity (Wildman–Crippen MR) is 67.9 cm³/mol. The van der Waals surface area contributed by atoms with Crippen molar-refractivity contribution in [3.63, 3.8) is 0 Å². The molecule has 0 amide bonds. The van der Waals surface area contributed by atoms with Crippen LogP contribution in [0.15, 0.2) is 42.7 Å². The summed E-state index contributed by atoms with van der Waals surface area (Å²) in [6.07, 6.45) is 3.58. The second kappa shape index (κ2) is 3.85. The minimum absolute atomic E-state index is 0.731. The molecule has 78 valence electrons. The summed E-state index contributed by atoms with van der Waals surface area (Å²) in [6.45, 7) is 0. The first-order valence-corrected chi connectivity index (χ1v) is 5.99. The van der Waals surface area contributed by atoms with E-state index in [1.165, 1.54) is 0 Å². The van der Waals surface area contributed by atoms with Gasteiger partial charge in [-0.1, -0.05) is 29.8 Å². The lowest BCUT2D eigenvalue weighted by atomic mass is 10.2. The molecule has 3 aromatic rings. The highest BCUT2D eigenvalue weighted by molar-refractivity contribution is 7.21. The quantitative estimate of drug-likeness (QED) is 0.648. The summed E-state index contributed by atoms with van der Waals surface area (Å²) in [5.74, 6) is 0. The van der Waals surface area contributed by atoms with Gasteiger partial charge in [-0.15, -0.1) is 11.3 Å². The van der Waals surface area contributed by atoms with Crippen LogP contribution in [0.2, 0.25) is 5.02 Å². The maximum Gasteiger partial charge on any atom is 0.126 e. The average Bonchev–Trinajstić information content (AvgIpc) is 2.73. The van der Waals surface area contributed by atoms with E-state index in [9.17, 15) is 0 Å². The lowest BCUT2D eigenvalue weighted by Gasteiger charge is -1.97. The molecule has 0 N–H and O–H groups in total. The molecule has 2 heterocycles. The number of halogens is 1. The van der Waals surface area contributed by atoms with Crippen molar-refractivity contribution in [3.05, 3.63) is 47.7 Å². The molecule has 0 aliphatic rings. The summed E-state index contributed by atoms with van der Waals surface area (Å²) in [5, 5.41) is 1.67. The molecule has 0 spiro atoms. The van der Waals surface area contributed by atoms with E-state index in [-0.39, 0.29) is 0 Å². The molecule has 0 saturated heterocycles. The Kier molecular flexibility index (Phi) is 2.35. The molecule has 4 heteroatoms. The number of nitrogens with zero attached hydrogens (tertiary/aromatic N) is 2. The summed E-state index contributed by atoms with van der Waals surface area (Å²) in [4.78, 5) is 8.62. The number of aromatic nitrogens is 2. The van der Waals surface area contributed by atoms with Crippen LogP contribution in [0.3, 0.4) is 0 Å². The van der Waals surface area contributed by atoms with Gasteiger partial charge in [-0.05, 0) is 12.1 Å². The first-order chi connectivity index (χ1) is 7.84. The molecule has 0 bridgehead atoms. The number of rotatable bonds is 1. The highest BCUT2D eigenvalue weighted by atomic mass is 35.5. The van der Waals surface area contributed by atoms with E-state index in [0.29, 0.717) is 0 Å². The van der Waals surface area contributed by atoms with Crippen molar-refractivity contribution in [2.75, 3.05) is 0 Å². The topological polar surface area (TPSA) is 25.8 Å². The van der Waals surface area contributed by atoms with Crippen molar-refractivity contribution >= 4 is 33.2 Å². The van der Waals surface area contributed by atoms with Crippen LogP contribution in [0, 0.1) is 0 Å². The van der Waals surface area contributed by atoms with Crippen LogP contribution in [0.5, 0.6) is 0 Å². The van der Waals surface area contributed by atoms with Crippen molar-refractivity contribution in [2.45, 2.75) is 0 Å². The summed E-state index contributed by atoms with van der Waals surface area (Å²) in [6, 6.07) is 9.65. The van der Waals surface area contributed by atoms with Crippen molar-refractivity contribution in [1.29, 1.82) is 0 Å². The average molecular weight is 247 g/mol. The number of pyridine rings is 1. The van der Waals surface area contributed by atoms with E-state index in [2.05, 4.69) is 9.97 Å². The van der Waals surface area contributed by atoms with Gasteiger partial charge in [-0.2, -0.15) is 0 Å². The summed E-state index contributed by atoms with van der Waals surface area (Å²) in [7, 11) is 0. The number of hydrogen-bond donors (Lipinski definition) is 0. The van der Waals surface area contributed by atoms with Crippen LogP contribution in [-0.2, 0) is 0 Å². The monoisotopic (exact) mass is 246 g/mol. The molecule has 0 atom stereocenters. The SMILES string of the molecule is Clc1ccccc1-c1nc2ccncc2s1. The third-order valence-corrected chi connectivity index (χ3v) is 3.66. The van der Waals surface area contributed by atoms with Gasteiger partial charge in [-0.3, -0.25) is 4.98 Å². The molecule has 0 fully saturated rings.